The molecule has 1 aliphatic rings. The lowest BCUT2D eigenvalue weighted by Crippen LogP contribution is -2.42. The summed E-state index contributed by atoms with van der Waals surface area (Å²) in [5.41, 5.74) is 0. The van der Waals surface area contributed by atoms with Gasteiger partial charge in [-0.25, -0.2) is 0 Å². The van der Waals surface area contributed by atoms with Crippen LogP contribution in [0.4, 0.5) is 0 Å². The minimum atomic E-state index is -0.0218. The second kappa shape index (κ2) is 5.87. The fourth-order valence-corrected chi connectivity index (χ4v) is 2.17. The fraction of sp³-hybridized carbons (Fsp3) is 0.833. The highest BCUT2D eigenvalue weighted by Gasteiger charge is 2.27. The standard InChI is InChI=1S/C12H22N2O2/c1-4-5-9(2)8-14-10(3)6-11(15)13-7-12(14)16/h9-10H,4-8H2,1-3H3,(H,13,15). The van der Waals surface area contributed by atoms with Crippen LogP contribution in [0.5, 0.6) is 0 Å². The Morgan fingerprint density at radius 1 is 1.50 bits per heavy atom. The second-order valence-corrected chi connectivity index (χ2v) is 4.77. The van der Waals surface area contributed by atoms with Gasteiger partial charge in [0.15, 0.2) is 0 Å². The molecule has 0 radical (unpaired) electrons. The molecule has 1 heterocycles. The maximum absolute atomic E-state index is 11.8. The van der Waals surface area contributed by atoms with Crippen LogP contribution in [0.1, 0.15) is 40.0 Å². The van der Waals surface area contributed by atoms with Gasteiger partial charge >= 0.3 is 0 Å². The summed E-state index contributed by atoms with van der Waals surface area (Å²) >= 11 is 0. The van der Waals surface area contributed by atoms with E-state index >= 15 is 0 Å². The van der Waals surface area contributed by atoms with Gasteiger partial charge in [-0.15, -0.1) is 0 Å². The molecule has 0 aromatic rings. The van der Waals surface area contributed by atoms with Crippen LogP contribution >= 0.6 is 0 Å². The Labute approximate surface area is 97.4 Å². The summed E-state index contributed by atoms with van der Waals surface area (Å²) in [6.07, 6.45) is 2.68. The van der Waals surface area contributed by atoms with Gasteiger partial charge < -0.3 is 10.2 Å². The van der Waals surface area contributed by atoms with Gasteiger partial charge in [-0.1, -0.05) is 20.3 Å². The van der Waals surface area contributed by atoms with Crippen molar-refractivity contribution >= 4 is 11.8 Å². The summed E-state index contributed by atoms with van der Waals surface area (Å²) in [6.45, 7) is 7.17. The maximum Gasteiger partial charge on any atom is 0.242 e. The maximum atomic E-state index is 11.8. The van der Waals surface area contributed by atoms with Crippen molar-refractivity contribution in [2.45, 2.75) is 46.1 Å². The van der Waals surface area contributed by atoms with Crippen LogP contribution in [0.15, 0.2) is 0 Å². The summed E-state index contributed by atoms with van der Waals surface area (Å²) in [4.78, 5) is 25.0. The molecule has 1 aliphatic heterocycles. The quantitative estimate of drug-likeness (QED) is 0.782. The number of hydrogen-bond acceptors (Lipinski definition) is 2. The van der Waals surface area contributed by atoms with E-state index in [-0.39, 0.29) is 24.4 Å². The van der Waals surface area contributed by atoms with Crippen molar-refractivity contribution < 1.29 is 9.59 Å². The first-order chi connectivity index (χ1) is 7.54. The highest BCUT2D eigenvalue weighted by Crippen LogP contribution is 2.14. The summed E-state index contributed by atoms with van der Waals surface area (Å²) in [5.74, 6) is 0.525. The van der Waals surface area contributed by atoms with Gasteiger partial charge in [0.25, 0.3) is 0 Å². The Morgan fingerprint density at radius 3 is 2.81 bits per heavy atom. The molecule has 1 fully saturated rings. The first-order valence-corrected chi connectivity index (χ1v) is 6.10. The number of hydrogen-bond donors (Lipinski definition) is 1. The van der Waals surface area contributed by atoms with E-state index < -0.39 is 0 Å². The number of carbonyl (C=O) groups is 2. The van der Waals surface area contributed by atoms with Gasteiger partial charge in [-0.05, 0) is 19.3 Å². The van der Waals surface area contributed by atoms with Gasteiger partial charge in [0, 0.05) is 19.0 Å². The number of nitrogens with one attached hydrogen (secondary N) is 1. The van der Waals surface area contributed by atoms with Crippen molar-refractivity contribution in [2.75, 3.05) is 13.1 Å². The molecule has 1 rings (SSSR count). The average molecular weight is 226 g/mol. The average Bonchev–Trinajstić information content (AvgIpc) is 2.32. The molecule has 16 heavy (non-hydrogen) atoms. The largest absolute Gasteiger partial charge is 0.347 e. The molecule has 2 atom stereocenters. The zero-order valence-corrected chi connectivity index (χ0v) is 10.5. The van der Waals surface area contributed by atoms with E-state index in [0.717, 1.165) is 19.4 Å². The lowest BCUT2D eigenvalue weighted by Gasteiger charge is -2.29. The van der Waals surface area contributed by atoms with Crippen molar-refractivity contribution in [2.24, 2.45) is 5.92 Å². The van der Waals surface area contributed by atoms with Crippen LogP contribution < -0.4 is 5.32 Å². The van der Waals surface area contributed by atoms with Crippen molar-refractivity contribution in [3.8, 4) is 0 Å². The molecule has 4 heteroatoms. The monoisotopic (exact) mass is 226 g/mol. The molecular formula is C12H22N2O2. The molecule has 2 amide bonds. The lowest BCUT2D eigenvalue weighted by atomic mass is 10.0. The number of amides is 2. The number of rotatable bonds is 4. The molecule has 2 unspecified atom stereocenters. The van der Waals surface area contributed by atoms with Crippen LogP contribution in [0.3, 0.4) is 0 Å². The highest BCUT2D eigenvalue weighted by atomic mass is 16.2. The van der Waals surface area contributed by atoms with Gasteiger partial charge in [0.05, 0.1) is 6.54 Å². The van der Waals surface area contributed by atoms with E-state index in [1.54, 1.807) is 0 Å². The zero-order chi connectivity index (χ0) is 12.1. The topological polar surface area (TPSA) is 49.4 Å². The second-order valence-electron chi connectivity index (χ2n) is 4.77. The molecule has 0 saturated carbocycles. The van der Waals surface area contributed by atoms with Gasteiger partial charge in [-0.3, -0.25) is 9.59 Å². The highest BCUT2D eigenvalue weighted by molar-refractivity contribution is 5.87. The zero-order valence-electron chi connectivity index (χ0n) is 10.5. The third-order valence-corrected chi connectivity index (χ3v) is 3.06. The van der Waals surface area contributed by atoms with Crippen molar-refractivity contribution in [1.29, 1.82) is 0 Å². The normalized spacial score (nSPS) is 23.9. The van der Waals surface area contributed by atoms with Crippen molar-refractivity contribution in [1.82, 2.24) is 10.2 Å². The molecule has 1 saturated heterocycles. The van der Waals surface area contributed by atoms with Crippen LogP contribution in [0, 0.1) is 5.92 Å². The first kappa shape index (κ1) is 13.0. The smallest absolute Gasteiger partial charge is 0.242 e. The summed E-state index contributed by atoms with van der Waals surface area (Å²) < 4.78 is 0. The minimum Gasteiger partial charge on any atom is -0.347 e. The van der Waals surface area contributed by atoms with E-state index in [9.17, 15) is 9.59 Å². The van der Waals surface area contributed by atoms with Crippen molar-refractivity contribution in [3.63, 3.8) is 0 Å². The molecule has 0 spiro atoms. The van der Waals surface area contributed by atoms with E-state index in [4.69, 9.17) is 0 Å². The Balaban J connectivity index is 2.60. The van der Waals surface area contributed by atoms with Crippen LogP contribution in [0.2, 0.25) is 0 Å². The molecule has 0 aromatic heterocycles. The minimum absolute atomic E-state index is 0.0218. The molecule has 0 bridgehead atoms. The predicted octanol–water partition coefficient (Wildman–Crippen LogP) is 1.16. The SMILES string of the molecule is CCCC(C)CN1C(=O)CNC(=O)CC1C. The van der Waals surface area contributed by atoms with Crippen LogP contribution in [-0.4, -0.2) is 35.8 Å². The third kappa shape index (κ3) is 3.51. The van der Waals surface area contributed by atoms with Crippen LogP contribution in [-0.2, 0) is 9.59 Å². The molecule has 92 valence electrons. The lowest BCUT2D eigenvalue weighted by molar-refractivity contribution is -0.132. The Kier molecular flexibility index (Phi) is 4.77. The van der Waals surface area contributed by atoms with Gasteiger partial charge in [0.2, 0.25) is 11.8 Å². The Morgan fingerprint density at radius 2 is 2.19 bits per heavy atom. The fourth-order valence-electron chi connectivity index (χ4n) is 2.17. The third-order valence-electron chi connectivity index (χ3n) is 3.06. The van der Waals surface area contributed by atoms with E-state index in [0.29, 0.717) is 12.3 Å². The summed E-state index contributed by atoms with van der Waals surface area (Å²) in [7, 11) is 0. The molecule has 0 aromatic carbocycles. The number of carbonyl (C=O) groups excluding carboxylic acids is 2. The number of nitrogens with zero attached hydrogens (tertiary/aromatic N) is 1. The van der Waals surface area contributed by atoms with Crippen molar-refractivity contribution in [3.05, 3.63) is 0 Å². The predicted molar refractivity (Wildman–Crippen MR) is 62.9 cm³/mol. The van der Waals surface area contributed by atoms with E-state index in [1.165, 1.54) is 0 Å². The molecular weight excluding hydrogens is 204 g/mol. The Bertz CT molecular complexity index is 266. The van der Waals surface area contributed by atoms with Crippen LogP contribution in [0.25, 0.3) is 0 Å². The van der Waals surface area contributed by atoms with Gasteiger partial charge in [-0.2, -0.15) is 0 Å². The Hall–Kier alpha value is -1.06. The van der Waals surface area contributed by atoms with E-state index in [2.05, 4.69) is 19.2 Å². The molecule has 0 aliphatic carbocycles. The summed E-state index contributed by atoms with van der Waals surface area (Å²) in [5, 5.41) is 2.63. The van der Waals surface area contributed by atoms with Gasteiger partial charge in [0.1, 0.15) is 0 Å². The first-order valence-electron chi connectivity index (χ1n) is 6.10. The molecule has 4 nitrogen and oxygen atoms in total. The van der Waals surface area contributed by atoms with E-state index in [1.807, 2.05) is 11.8 Å². The molecule has 1 N–H and O–H groups in total. The summed E-state index contributed by atoms with van der Waals surface area (Å²) in [6, 6.07) is 0.0225.